The predicted octanol–water partition coefficient (Wildman–Crippen LogP) is 3.24. The molecule has 0 saturated carbocycles. The first kappa shape index (κ1) is 12.6. The van der Waals surface area contributed by atoms with Gasteiger partial charge in [-0.25, -0.2) is 0 Å². The molecule has 0 bridgehead atoms. The molecular formula is C13H13F2NO2. The number of alkyl halides is 2. The van der Waals surface area contributed by atoms with E-state index in [1.807, 2.05) is 0 Å². The van der Waals surface area contributed by atoms with Gasteiger partial charge in [0.1, 0.15) is 17.3 Å². The Labute approximate surface area is 103 Å². The standard InChI is InChI=1S/C13H13F2NO2/c1-8-6-7-11(17-8)12(16)9-4-2-3-5-10(9)18-13(14)15/h2-7,12-13H,16H2,1H3. The third kappa shape index (κ3) is 2.68. The smallest absolute Gasteiger partial charge is 0.387 e. The molecule has 0 aliphatic rings. The van der Waals surface area contributed by atoms with Gasteiger partial charge in [0.05, 0.1) is 6.04 Å². The van der Waals surface area contributed by atoms with Gasteiger partial charge in [-0.3, -0.25) is 0 Å². The van der Waals surface area contributed by atoms with E-state index in [1.54, 1.807) is 37.3 Å². The summed E-state index contributed by atoms with van der Waals surface area (Å²) < 4.78 is 34.4. The Morgan fingerprint density at radius 2 is 1.89 bits per heavy atom. The molecule has 96 valence electrons. The van der Waals surface area contributed by atoms with E-state index in [4.69, 9.17) is 10.2 Å². The van der Waals surface area contributed by atoms with Crippen molar-refractivity contribution >= 4 is 0 Å². The van der Waals surface area contributed by atoms with Gasteiger partial charge in [0.25, 0.3) is 0 Å². The average Bonchev–Trinajstić information content (AvgIpc) is 2.75. The van der Waals surface area contributed by atoms with Crippen LogP contribution in [0.2, 0.25) is 0 Å². The zero-order valence-corrected chi connectivity index (χ0v) is 9.77. The summed E-state index contributed by atoms with van der Waals surface area (Å²) >= 11 is 0. The molecule has 1 unspecified atom stereocenters. The predicted molar refractivity (Wildman–Crippen MR) is 62.5 cm³/mol. The zero-order chi connectivity index (χ0) is 13.1. The van der Waals surface area contributed by atoms with Gasteiger partial charge in [-0.2, -0.15) is 8.78 Å². The first-order valence-electron chi connectivity index (χ1n) is 5.43. The quantitative estimate of drug-likeness (QED) is 0.909. The Bertz CT molecular complexity index is 525. The van der Waals surface area contributed by atoms with E-state index in [-0.39, 0.29) is 5.75 Å². The maximum Gasteiger partial charge on any atom is 0.387 e. The summed E-state index contributed by atoms with van der Waals surface area (Å²) in [6.07, 6.45) is 0. The SMILES string of the molecule is Cc1ccc(C(N)c2ccccc2OC(F)F)o1. The van der Waals surface area contributed by atoms with Crippen LogP contribution in [0.4, 0.5) is 8.78 Å². The fourth-order valence-electron chi connectivity index (χ4n) is 1.71. The largest absolute Gasteiger partial charge is 0.464 e. The Morgan fingerprint density at radius 3 is 2.50 bits per heavy atom. The lowest BCUT2D eigenvalue weighted by atomic mass is 10.0. The molecule has 1 atom stereocenters. The van der Waals surface area contributed by atoms with Gasteiger partial charge in [0.15, 0.2) is 0 Å². The Morgan fingerprint density at radius 1 is 1.17 bits per heavy atom. The molecule has 0 aliphatic heterocycles. The number of aryl methyl sites for hydroxylation is 1. The molecule has 0 radical (unpaired) electrons. The summed E-state index contributed by atoms with van der Waals surface area (Å²) in [5, 5.41) is 0. The van der Waals surface area contributed by atoms with E-state index >= 15 is 0 Å². The second-order valence-corrected chi connectivity index (χ2v) is 3.84. The highest BCUT2D eigenvalue weighted by Gasteiger charge is 2.18. The number of rotatable bonds is 4. The Kier molecular flexibility index (Phi) is 3.62. The second-order valence-electron chi connectivity index (χ2n) is 3.84. The molecule has 18 heavy (non-hydrogen) atoms. The van der Waals surface area contributed by atoms with Crippen LogP contribution in [0.15, 0.2) is 40.8 Å². The van der Waals surface area contributed by atoms with Crippen molar-refractivity contribution in [3.63, 3.8) is 0 Å². The van der Waals surface area contributed by atoms with Crippen molar-refractivity contribution < 1.29 is 17.9 Å². The van der Waals surface area contributed by atoms with Crippen LogP contribution in [-0.4, -0.2) is 6.61 Å². The van der Waals surface area contributed by atoms with Crippen molar-refractivity contribution in [2.45, 2.75) is 19.6 Å². The van der Waals surface area contributed by atoms with Gasteiger partial charge in [0, 0.05) is 5.56 Å². The number of benzene rings is 1. The molecule has 0 amide bonds. The minimum atomic E-state index is -2.88. The maximum absolute atomic E-state index is 12.3. The molecule has 0 saturated heterocycles. The van der Waals surface area contributed by atoms with Crippen molar-refractivity contribution in [3.8, 4) is 5.75 Å². The molecular weight excluding hydrogens is 240 g/mol. The lowest BCUT2D eigenvalue weighted by molar-refractivity contribution is -0.0505. The van der Waals surface area contributed by atoms with E-state index in [1.165, 1.54) is 6.07 Å². The highest BCUT2D eigenvalue weighted by atomic mass is 19.3. The van der Waals surface area contributed by atoms with Gasteiger partial charge in [0.2, 0.25) is 0 Å². The van der Waals surface area contributed by atoms with Gasteiger partial charge in [-0.1, -0.05) is 18.2 Å². The molecule has 5 heteroatoms. The molecule has 1 aromatic carbocycles. The zero-order valence-electron chi connectivity index (χ0n) is 9.77. The van der Waals surface area contributed by atoms with Crippen molar-refractivity contribution in [1.82, 2.24) is 0 Å². The van der Waals surface area contributed by atoms with Crippen LogP contribution in [0.1, 0.15) is 23.1 Å². The van der Waals surface area contributed by atoms with Crippen molar-refractivity contribution in [3.05, 3.63) is 53.5 Å². The van der Waals surface area contributed by atoms with Crippen molar-refractivity contribution in [2.75, 3.05) is 0 Å². The van der Waals surface area contributed by atoms with E-state index in [2.05, 4.69) is 4.74 Å². The van der Waals surface area contributed by atoms with E-state index in [9.17, 15) is 8.78 Å². The highest BCUT2D eigenvalue weighted by Crippen LogP contribution is 2.30. The molecule has 2 N–H and O–H groups in total. The summed E-state index contributed by atoms with van der Waals surface area (Å²) in [6, 6.07) is 9.28. The van der Waals surface area contributed by atoms with Crippen LogP contribution in [-0.2, 0) is 0 Å². The summed E-state index contributed by atoms with van der Waals surface area (Å²) in [5.74, 6) is 1.29. The third-order valence-corrected chi connectivity index (χ3v) is 2.54. The van der Waals surface area contributed by atoms with Crippen LogP contribution in [0.5, 0.6) is 5.75 Å². The minimum Gasteiger partial charge on any atom is -0.464 e. The number of furan rings is 1. The fraction of sp³-hybridized carbons (Fsp3) is 0.231. The van der Waals surface area contributed by atoms with Crippen LogP contribution >= 0.6 is 0 Å². The van der Waals surface area contributed by atoms with E-state index in [0.717, 1.165) is 0 Å². The second kappa shape index (κ2) is 5.18. The molecule has 1 aromatic heterocycles. The monoisotopic (exact) mass is 253 g/mol. The average molecular weight is 253 g/mol. The molecule has 0 fully saturated rings. The lowest BCUT2D eigenvalue weighted by Gasteiger charge is -2.14. The molecule has 0 spiro atoms. The molecule has 1 heterocycles. The number of hydrogen-bond donors (Lipinski definition) is 1. The lowest BCUT2D eigenvalue weighted by Crippen LogP contribution is -2.14. The van der Waals surface area contributed by atoms with Crippen molar-refractivity contribution in [1.29, 1.82) is 0 Å². The normalized spacial score (nSPS) is 12.7. The maximum atomic E-state index is 12.3. The molecule has 2 rings (SSSR count). The van der Waals surface area contributed by atoms with Crippen LogP contribution < -0.4 is 10.5 Å². The van der Waals surface area contributed by atoms with Gasteiger partial charge >= 0.3 is 6.61 Å². The number of ether oxygens (including phenoxy) is 1. The number of hydrogen-bond acceptors (Lipinski definition) is 3. The van der Waals surface area contributed by atoms with Gasteiger partial charge in [-0.05, 0) is 25.1 Å². The third-order valence-electron chi connectivity index (χ3n) is 2.54. The number of nitrogens with two attached hydrogens (primary N) is 1. The summed E-state index contributed by atoms with van der Waals surface area (Å²) in [4.78, 5) is 0. The topological polar surface area (TPSA) is 48.4 Å². The van der Waals surface area contributed by atoms with E-state index in [0.29, 0.717) is 17.1 Å². The molecule has 0 aliphatic carbocycles. The van der Waals surface area contributed by atoms with Crippen LogP contribution in [0.3, 0.4) is 0 Å². The van der Waals surface area contributed by atoms with E-state index < -0.39 is 12.7 Å². The molecule has 2 aromatic rings. The first-order chi connectivity index (χ1) is 8.58. The molecule has 3 nitrogen and oxygen atoms in total. The first-order valence-corrected chi connectivity index (χ1v) is 5.43. The van der Waals surface area contributed by atoms with Gasteiger partial charge < -0.3 is 14.9 Å². The fourth-order valence-corrected chi connectivity index (χ4v) is 1.71. The Balaban J connectivity index is 2.32. The van der Waals surface area contributed by atoms with Crippen LogP contribution in [0.25, 0.3) is 0 Å². The minimum absolute atomic E-state index is 0.0639. The summed E-state index contributed by atoms with van der Waals surface area (Å²) in [6.45, 7) is -1.09. The Hall–Kier alpha value is -1.88. The van der Waals surface area contributed by atoms with Gasteiger partial charge in [-0.15, -0.1) is 0 Å². The number of halogens is 2. The van der Waals surface area contributed by atoms with Crippen LogP contribution in [0, 0.1) is 6.92 Å². The number of para-hydroxylation sites is 1. The van der Waals surface area contributed by atoms with Crippen molar-refractivity contribution in [2.24, 2.45) is 5.73 Å². The summed E-state index contributed by atoms with van der Waals surface area (Å²) in [5.41, 5.74) is 6.45. The summed E-state index contributed by atoms with van der Waals surface area (Å²) in [7, 11) is 0. The highest BCUT2D eigenvalue weighted by molar-refractivity contribution is 5.39.